The lowest BCUT2D eigenvalue weighted by Gasteiger charge is -2.11. The van der Waals surface area contributed by atoms with Crippen LogP contribution in [0.3, 0.4) is 0 Å². The Bertz CT molecular complexity index is 186. The number of nitrogens with one attached hydrogen (secondary N) is 1. The van der Waals surface area contributed by atoms with Crippen LogP contribution in [0.1, 0.15) is 12.8 Å². The lowest BCUT2D eigenvalue weighted by Crippen LogP contribution is -2.38. The molecule has 0 rings (SSSR count). The Kier molecular flexibility index (Phi) is 6.76. The lowest BCUT2D eigenvalue weighted by molar-refractivity contribution is -0.138. The van der Waals surface area contributed by atoms with Crippen LogP contribution < -0.4 is 5.32 Å². The maximum absolute atomic E-state index is 11.7. The van der Waals surface area contributed by atoms with E-state index in [1.807, 2.05) is 0 Å². The summed E-state index contributed by atoms with van der Waals surface area (Å²) in [5, 5.41) is 2.53. The van der Waals surface area contributed by atoms with Crippen LogP contribution in [0.5, 0.6) is 0 Å². The Balaban J connectivity index is 3.73. The highest BCUT2D eigenvalue weighted by atomic mass is 79.9. The Morgan fingerprint density at radius 1 is 1.43 bits per heavy atom. The molecular weight excluding hydrogens is 331 g/mol. The molecular formula is C7H10Br2F3NO. The van der Waals surface area contributed by atoms with E-state index in [9.17, 15) is 18.0 Å². The molecule has 0 aromatic carbocycles. The molecule has 0 saturated carbocycles. The zero-order valence-electron chi connectivity index (χ0n) is 7.20. The summed E-state index contributed by atoms with van der Waals surface area (Å²) in [7, 11) is 0. The number of hydrogen-bond acceptors (Lipinski definition) is 1. The van der Waals surface area contributed by atoms with E-state index in [1.54, 1.807) is 5.32 Å². The average molecular weight is 341 g/mol. The first-order chi connectivity index (χ1) is 6.37. The van der Waals surface area contributed by atoms with Crippen LogP contribution in [0.2, 0.25) is 0 Å². The number of carbonyl (C=O) groups is 1. The number of carbonyl (C=O) groups excluding carboxylic acids is 1. The van der Waals surface area contributed by atoms with Gasteiger partial charge in [0.25, 0.3) is 0 Å². The first kappa shape index (κ1) is 14.2. The van der Waals surface area contributed by atoms with Gasteiger partial charge in [-0.15, -0.1) is 0 Å². The van der Waals surface area contributed by atoms with Crippen LogP contribution >= 0.6 is 31.9 Å². The Morgan fingerprint density at radius 3 is 2.43 bits per heavy atom. The maximum atomic E-state index is 11.7. The molecule has 1 atom stereocenters. The Labute approximate surface area is 96.9 Å². The maximum Gasteiger partial charge on any atom is 0.405 e. The fraction of sp³-hybridized carbons (Fsp3) is 0.857. The molecule has 1 amide bonds. The second-order valence-electron chi connectivity index (χ2n) is 2.63. The first-order valence-corrected chi connectivity index (χ1v) is 5.95. The van der Waals surface area contributed by atoms with Gasteiger partial charge in [-0.3, -0.25) is 4.79 Å². The van der Waals surface area contributed by atoms with Crippen molar-refractivity contribution in [3.63, 3.8) is 0 Å². The van der Waals surface area contributed by atoms with Gasteiger partial charge in [0.1, 0.15) is 6.54 Å². The first-order valence-electron chi connectivity index (χ1n) is 3.91. The molecule has 0 aliphatic carbocycles. The van der Waals surface area contributed by atoms with Crippen molar-refractivity contribution in [3.05, 3.63) is 0 Å². The van der Waals surface area contributed by atoms with Crippen LogP contribution in [0.15, 0.2) is 0 Å². The third-order valence-corrected chi connectivity index (χ3v) is 2.77. The van der Waals surface area contributed by atoms with E-state index in [4.69, 9.17) is 0 Å². The minimum Gasteiger partial charge on any atom is -0.346 e. The van der Waals surface area contributed by atoms with Gasteiger partial charge < -0.3 is 5.32 Å². The SMILES string of the molecule is O=C(NCC(F)(F)F)C(Br)CCCBr. The number of hydrogen-bond donors (Lipinski definition) is 1. The topological polar surface area (TPSA) is 29.1 Å². The summed E-state index contributed by atoms with van der Waals surface area (Å²) in [6.07, 6.45) is -3.11. The summed E-state index contributed by atoms with van der Waals surface area (Å²) in [4.78, 5) is 10.5. The van der Waals surface area contributed by atoms with Gasteiger partial charge in [0.15, 0.2) is 0 Å². The van der Waals surface area contributed by atoms with E-state index >= 15 is 0 Å². The quantitative estimate of drug-likeness (QED) is 0.766. The molecule has 0 fully saturated rings. The molecule has 0 aromatic heterocycles. The average Bonchev–Trinajstić information content (AvgIpc) is 2.09. The van der Waals surface area contributed by atoms with E-state index in [2.05, 4.69) is 31.9 Å². The minimum absolute atomic E-state index is 0.509. The van der Waals surface area contributed by atoms with Gasteiger partial charge in [0.05, 0.1) is 4.83 Å². The number of rotatable bonds is 5. The molecule has 0 spiro atoms. The van der Waals surface area contributed by atoms with Crippen LogP contribution in [0.25, 0.3) is 0 Å². The van der Waals surface area contributed by atoms with Gasteiger partial charge >= 0.3 is 6.18 Å². The molecule has 0 saturated heterocycles. The monoisotopic (exact) mass is 339 g/mol. The van der Waals surface area contributed by atoms with Crippen molar-refractivity contribution >= 4 is 37.8 Å². The second kappa shape index (κ2) is 6.66. The van der Waals surface area contributed by atoms with Crippen molar-refractivity contribution in [3.8, 4) is 0 Å². The number of halogens is 5. The summed E-state index contributed by atoms with van der Waals surface area (Å²) in [5.74, 6) is -0.622. The van der Waals surface area contributed by atoms with E-state index in [-0.39, 0.29) is 0 Å². The molecule has 0 radical (unpaired) electrons. The van der Waals surface area contributed by atoms with Crippen LogP contribution in [0.4, 0.5) is 13.2 Å². The molecule has 0 heterocycles. The molecule has 0 aromatic rings. The van der Waals surface area contributed by atoms with Crippen LogP contribution in [-0.2, 0) is 4.79 Å². The lowest BCUT2D eigenvalue weighted by atomic mass is 10.2. The molecule has 7 heteroatoms. The molecule has 0 aliphatic heterocycles. The van der Waals surface area contributed by atoms with Crippen molar-refractivity contribution in [2.45, 2.75) is 23.8 Å². The van der Waals surface area contributed by atoms with Crippen molar-refractivity contribution in [1.82, 2.24) is 5.32 Å². The predicted octanol–water partition coefficient (Wildman–Crippen LogP) is 2.60. The summed E-state index contributed by atoms with van der Waals surface area (Å²) >= 11 is 6.18. The van der Waals surface area contributed by atoms with Gasteiger partial charge in [-0.25, -0.2) is 0 Å². The standard InChI is InChI=1S/C7H10Br2F3NO/c8-3-1-2-5(9)6(14)13-4-7(10,11)12/h5H,1-4H2,(H,13,14). The van der Waals surface area contributed by atoms with Gasteiger partial charge in [-0.1, -0.05) is 31.9 Å². The van der Waals surface area contributed by atoms with Gasteiger partial charge in [-0.2, -0.15) is 13.2 Å². The molecule has 14 heavy (non-hydrogen) atoms. The van der Waals surface area contributed by atoms with Crippen molar-refractivity contribution < 1.29 is 18.0 Å². The molecule has 2 nitrogen and oxygen atoms in total. The highest BCUT2D eigenvalue weighted by molar-refractivity contribution is 9.10. The van der Waals surface area contributed by atoms with Gasteiger partial charge in [0, 0.05) is 5.33 Å². The normalized spacial score (nSPS) is 13.8. The highest BCUT2D eigenvalue weighted by Crippen LogP contribution is 2.14. The zero-order valence-corrected chi connectivity index (χ0v) is 10.4. The smallest absolute Gasteiger partial charge is 0.346 e. The summed E-state index contributed by atoms with van der Waals surface area (Å²) in [5.41, 5.74) is 0. The van der Waals surface area contributed by atoms with E-state index in [1.165, 1.54) is 0 Å². The summed E-state index contributed by atoms with van der Waals surface area (Å²) in [6, 6.07) is 0. The molecule has 84 valence electrons. The number of amides is 1. The summed E-state index contributed by atoms with van der Waals surface area (Å²) in [6.45, 7) is -1.28. The Morgan fingerprint density at radius 2 is 2.00 bits per heavy atom. The van der Waals surface area contributed by atoms with Crippen LogP contribution in [-0.4, -0.2) is 28.8 Å². The second-order valence-corrected chi connectivity index (χ2v) is 4.53. The Hall–Kier alpha value is 0.220. The van der Waals surface area contributed by atoms with Gasteiger partial charge in [-0.05, 0) is 12.8 Å². The van der Waals surface area contributed by atoms with Crippen molar-refractivity contribution in [1.29, 1.82) is 0 Å². The number of alkyl halides is 5. The van der Waals surface area contributed by atoms with Gasteiger partial charge in [0.2, 0.25) is 5.91 Å². The van der Waals surface area contributed by atoms with Crippen molar-refractivity contribution in [2.75, 3.05) is 11.9 Å². The predicted molar refractivity (Wildman–Crippen MR) is 54.8 cm³/mol. The third kappa shape index (κ3) is 7.61. The molecule has 0 bridgehead atoms. The summed E-state index contributed by atoms with van der Waals surface area (Å²) < 4.78 is 35.1. The van der Waals surface area contributed by atoms with E-state index in [0.717, 1.165) is 11.8 Å². The molecule has 1 N–H and O–H groups in total. The largest absolute Gasteiger partial charge is 0.405 e. The highest BCUT2D eigenvalue weighted by Gasteiger charge is 2.28. The van der Waals surface area contributed by atoms with E-state index in [0.29, 0.717) is 6.42 Å². The minimum atomic E-state index is -4.35. The molecule has 1 unspecified atom stereocenters. The van der Waals surface area contributed by atoms with Crippen molar-refractivity contribution in [2.24, 2.45) is 0 Å². The van der Waals surface area contributed by atoms with E-state index < -0.39 is 23.5 Å². The zero-order chi connectivity index (χ0) is 11.2. The fourth-order valence-corrected chi connectivity index (χ4v) is 1.49. The third-order valence-electron chi connectivity index (χ3n) is 1.34. The molecule has 0 aliphatic rings. The fourth-order valence-electron chi connectivity index (χ4n) is 0.686. The van der Waals surface area contributed by atoms with Crippen LogP contribution in [0, 0.1) is 0 Å².